The number of ether oxygens (including phenoxy) is 2. The second kappa shape index (κ2) is 11.7. The average molecular weight is 435 g/mol. The first-order valence-electron chi connectivity index (χ1n) is 10.8. The molecule has 0 atom stereocenters. The average Bonchev–Trinajstić information content (AvgIpc) is 3.24. The predicted octanol–water partition coefficient (Wildman–Crippen LogP) is 4.42. The molecule has 6 nitrogen and oxygen atoms in total. The Hall–Kier alpha value is -3.54. The van der Waals surface area contributed by atoms with E-state index >= 15 is 0 Å². The lowest BCUT2D eigenvalue weighted by Crippen LogP contribution is -2.31. The van der Waals surface area contributed by atoms with Crippen LogP contribution in [0, 0.1) is 0 Å². The Kier molecular flexibility index (Phi) is 8.49. The van der Waals surface area contributed by atoms with Gasteiger partial charge in [0.25, 0.3) is 0 Å². The van der Waals surface area contributed by atoms with Crippen molar-refractivity contribution < 1.29 is 19.1 Å². The first kappa shape index (κ1) is 23.1. The summed E-state index contributed by atoms with van der Waals surface area (Å²) in [5.74, 6) is 0.397. The molecule has 0 saturated carbocycles. The van der Waals surface area contributed by atoms with E-state index in [-0.39, 0.29) is 24.7 Å². The van der Waals surface area contributed by atoms with E-state index in [2.05, 4.69) is 10.6 Å². The van der Waals surface area contributed by atoms with Crippen molar-refractivity contribution in [1.29, 1.82) is 0 Å². The summed E-state index contributed by atoms with van der Waals surface area (Å²) in [4.78, 5) is 26.6. The fourth-order valence-electron chi connectivity index (χ4n) is 3.55. The van der Waals surface area contributed by atoms with E-state index in [9.17, 15) is 9.59 Å². The minimum Gasteiger partial charge on any atom is -0.497 e. The Bertz CT molecular complexity index is 1010. The SMILES string of the molecule is CCOC(=O)CCC(=O)N(Cc1ccccc1)Cc1cccn1Cc1cccc(OC)c1. The highest BCUT2D eigenvalue weighted by Crippen LogP contribution is 2.17. The molecule has 3 aromatic rings. The van der Waals surface area contributed by atoms with Crippen LogP contribution < -0.4 is 4.74 Å². The van der Waals surface area contributed by atoms with E-state index < -0.39 is 0 Å². The highest BCUT2D eigenvalue weighted by Gasteiger charge is 2.18. The summed E-state index contributed by atoms with van der Waals surface area (Å²) < 4.78 is 12.4. The molecule has 0 fully saturated rings. The minimum atomic E-state index is -0.345. The summed E-state index contributed by atoms with van der Waals surface area (Å²) in [5, 5.41) is 0. The van der Waals surface area contributed by atoms with E-state index in [1.54, 1.807) is 18.9 Å². The predicted molar refractivity (Wildman–Crippen MR) is 123 cm³/mol. The van der Waals surface area contributed by atoms with Crippen LogP contribution in [0.2, 0.25) is 0 Å². The maximum Gasteiger partial charge on any atom is 0.306 e. The van der Waals surface area contributed by atoms with Gasteiger partial charge in [-0.25, -0.2) is 0 Å². The molecular formula is C26H30N2O4. The van der Waals surface area contributed by atoms with Crippen LogP contribution in [0.5, 0.6) is 5.75 Å². The number of methoxy groups -OCH3 is 1. The summed E-state index contributed by atoms with van der Waals surface area (Å²) in [6.07, 6.45) is 2.23. The third kappa shape index (κ3) is 6.74. The van der Waals surface area contributed by atoms with Gasteiger partial charge in [0.2, 0.25) is 5.91 Å². The van der Waals surface area contributed by atoms with Crippen molar-refractivity contribution in [2.75, 3.05) is 13.7 Å². The molecule has 0 aliphatic carbocycles. The minimum absolute atomic E-state index is 0.0731. The first-order valence-corrected chi connectivity index (χ1v) is 10.8. The van der Waals surface area contributed by atoms with Gasteiger partial charge in [-0.1, -0.05) is 42.5 Å². The molecule has 0 N–H and O–H groups in total. The van der Waals surface area contributed by atoms with Crippen LogP contribution in [0.4, 0.5) is 0 Å². The first-order chi connectivity index (χ1) is 15.6. The van der Waals surface area contributed by atoms with Gasteiger partial charge in [-0.3, -0.25) is 9.59 Å². The summed E-state index contributed by atoms with van der Waals surface area (Å²) in [7, 11) is 1.66. The molecular weight excluding hydrogens is 404 g/mol. The Morgan fingerprint density at radius 3 is 2.44 bits per heavy atom. The molecule has 2 aromatic carbocycles. The quantitative estimate of drug-likeness (QED) is 0.419. The number of esters is 1. The highest BCUT2D eigenvalue weighted by atomic mass is 16.5. The topological polar surface area (TPSA) is 60.8 Å². The third-order valence-electron chi connectivity index (χ3n) is 5.18. The van der Waals surface area contributed by atoms with Gasteiger partial charge in [0.15, 0.2) is 0 Å². The fraction of sp³-hybridized carbons (Fsp3) is 0.308. The van der Waals surface area contributed by atoms with Crippen LogP contribution in [0.3, 0.4) is 0 Å². The molecule has 168 valence electrons. The highest BCUT2D eigenvalue weighted by molar-refractivity contribution is 5.81. The molecule has 0 aliphatic rings. The molecule has 6 heteroatoms. The third-order valence-corrected chi connectivity index (χ3v) is 5.18. The lowest BCUT2D eigenvalue weighted by atomic mass is 10.2. The van der Waals surface area contributed by atoms with Crippen molar-refractivity contribution in [2.24, 2.45) is 0 Å². The van der Waals surface area contributed by atoms with Crippen molar-refractivity contribution in [3.8, 4) is 5.75 Å². The van der Waals surface area contributed by atoms with Gasteiger partial charge in [-0.05, 0) is 42.3 Å². The molecule has 0 bridgehead atoms. The van der Waals surface area contributed by atoms with Gasteiger partial charge in [0, 0.05) is 31.4 Å². The van der Waals surface area contributed by atoms with E-state index in [0.717, 1.165) is 22.6 Å². The Labute approximate surface area is 189 Å². The molecule has 3 rings (SSSR count). The monoisotopic (exact) mass is 434 g/mol. The number of aromatic nitrogens is 1. The zero-order chi connectivity index (χ0) is 22.8. The van der Waals surface area contributed by atoms with Gasteiger partial charge in [0.1, 0.15) is 5.75 Å². The van der Waals surface area contributed by atoms with Crippen LogP contribution in [0.15, 0.2) is 72.9 Å². The summed E-state index contributed by atoms with van der Waals surface area (Å²) >= 11 is 0. The molecule has 0 saturated heterocycles. The summed E-state index contributed by atoms with van der Waals surface area (Å²) in [6, 6.07) is 21.8. The number of nitrogens with zero attached hydrogens (tertiary/aromatic N) is 2. The van der Waals surface area contributed by atoms with E-state index in [4.69, 9.17) is 9.47 Å². The van der Waals surface area contributed by atoms with Crippen molar-refractivity contribution in [3.05, 3.63) is 89.7 Å². The van der Waals surface area contributed by atoms with Crippen molar-refractivity contribution >= 4 is 11.9 Å². The number of hydrogen-bond acceptors (Lipinski definition) is 4. The van der Waals surface area contributed by atoms with Crippen LogP contribution in [-0.4, -0.2) is 35.1 Å². The van der Waals surface area contributed by atoms with E-state index in [0.29, 0.717) is 26.2 Å². The van der Waals surface area contributed by atoms with E-state index in [1.165, 1.54) is 0 Å². The Balaban J connectivity index is 1.74. The smallest absolute Gasteiger partial charge is 0.306 e. The van der Waals surface area contributed by atoms with Crippen LogP contribution in [0.1, 0.15) is 36.6 Å². The zero-order valence-electron chi connectivity index (χ0n) is 18.7. The maximum absolute atomic E-state index is 13.0. The van der Waals surface area contributed by atoms with E-state index in [1.807, 2.05) is 66.9 Å². The van der Waals surface area contributed by atoms with Gasteiger partial charge in [-0.15, -0.1) is 0 Å². The van der Waals surface area contributed by atoms with Gasteiger partial charge in [0.05, 0.1) is 26.7 Å². The van der Waals surface area contributed by atoms with Crippen LogP contribution in [0.25, 0.3) is 0 Å². The van der Waals surface area contributed by atoms with Crippen LogP contribution >= 0.6 is 0 Å². The summed E-state index contributed by atoms with van der Waals surface area (Å²) in [5.41, 5.74) is 3.18. The number of carbonyl (C=O) groups excluding carboxylic acids is 2. The van der Waals surface area contributed by atoms with Crippen molar-refractivity contribution in [2.45, 2.75) is 39.4 Å². The Morgan fingerprint density at radius 2 is 1.69 bits per heavy atom. The molecule has 0 radical (unpaired) electrons. The molecule has 1 amide bonds. The number of rotatable bonds is 11. The van der Waals surface area contributed by atoms with Gasteiger partial charge < -0.3 is 18.9 Å². The number of hydrogen-bond donors (Lipinski definition) is 0. The van der Waals surface area contributed by atoms with Gasteiger partial charge in [-0.2, -0.15) is 0 Å². The van der Waals surface area contributed by atoms with Gasteiger partial charge >= 0.3 is 5.97 Å². The fourth-order valence-corrected chi connectivity index (χ4v) is 3.55. The normalized spacial score (nSPS) is 10.6. The molecule has 32 heavy (non-hydrogen) atoms. The zero-order valence-corrected chi connectivity index (χ0v) is 18.7. The lowest BCUT2D eigenvalue weighted by molar-refractivity contribution is -0.146. The number of carbonyl (C=O) groups is 2. The Morgan fingerprint density at radius 1 is 0.906 bits per heavy atom. The molecule has 0 unspecified atom stereocenters. The number of amides is 1. The standard InChI is InChI=1S/C26H30N2O4/c1-3-32-26(30)15-14-25(29)28(18-21-9-5-4-6-10-21)20-23-12-8-16-27(23)19-22-11-7-13-24(17-22)31-2/h4-13,16-17H,3,14-15,18-20H2,1-2H3. The van der Waals surface area contributed by atoms with Crippen molar-refractivity contribution in [3.63, 3.8) is 0 Å². The molecule has 1 aromatic heterocycles. The van der Waals surface area contributed by atoms with Crippen molar-refractivity contribution in [1.82, 2.24) is 9.47 Å². The molecule has 1 heterocycles. The van der Waals surface area contributed by atoms with Crippen LogP contribution in [-0.2, 0) is 34.0 Å². The lowest BCUT2D eigenvalue weighted by Gasteiger charge is -2.24. The second-order valence-electron chi connectivity index (χ2n) is 7.52. The molecule has 0 aliphatic heterocycles. The largest absolute Gasteiger partial charge is 0.497 e. The number of benzene rings is 2. The summed E-state index contributed by atoms with van der Waals surface area (Å²) in [6.45, 7) is 3.69. The maximum atomic E-state index is 13.0. The second-order valence-corrected chi connectivity index (χ2v) is 7.52. The molecule has 0 spiro atoms.